The molecule has 15 heavy (non-hydrogen) atoms. The first-order valence-corrected chi connectivity index (χ1v) is 5.49. The van der Waals surface area contributed by atoms with Gasteiger partial charge in [0.2, 0.25) is 0 Å². The lowest BCUT2D eigenvalue weighted by atomic mass is 10.3. The number of hydrogen-bond acceptors (Lipinski definition) is 2. The molecule has 82 valence electrons. The monoisotopic (exact) mass is 266 g/mol. The van der Waals surface area contributed by atoms with Gasteiger partial charge in [-0.15, -0.1) is 0 Å². The Morgan fingerprint density at radius 1 is 1.47 bits per heavy atom. The molecule has 1 aromatic carbocycles. The van der Waals surface area contributed by atoms with Crippen LogP contribution in [0, 0.1) is 0 Å². The van der Waals surface area contributed by atoms with Gasteiger partial charge in [0.05, 0.1) is 5.02 Å². The van der Waals surface area contributed by atoms with E-state index in [1.165, 1.54) is 0 Å². The maximum atomic E-state index is 10.9. The molecule has 0 unspecified atom stereocenters. The fraction of sp³-hybridized carbons (Fsp3) is 0.300. The molecule has 0 radical (unpaired) electrons. The van der Waals surface area contributed by atoms with Crippen LogP contribution in [0.1, 0.15) is 13.3 Å². The predicted molar refractivity (Wildman–Crippen MR) is 62.0 cm³/mol. The zero-order valence-corrected chi connectivity index (χ0v) is 10.2. The third kappa shape index (κ3) is 3.56. The van der Waals surface area contributed by atoms with Crippen molar-refractivity contribution in [1.29, 1.82) is 0 Å². The van der Waals surface area contributed by atoms with Gasteiger partial charge in [-0.1, -0.05) is 30.1 Å². The van der Waals surface area contributed by atoms with E-state index >= 15 is 0 Å². The summed E-state index contributed by atoms with van der Waals surface area (Å²) in [5, 5.41) is 0.343. The van der Waals surface area contributed by atoms with E-state index in [0.717, 1.165) is 0 Å². The van der Waals surface area contributed by atoms with Crippen LogP contribution in [0.25, 0.3) is 0 Å². The molecule has 0 bridgehead atoms. The molecule has 5 heteroatoms. The van der Waals surface area contributed by atoms with Gasteiger partial charge < -0.3 is 4.74 Å². The Labute approximate surface area is 103 Å². The molecule has 0 aliphatic carbocycles. The van der Waals surface area contributed by atoms with Gasteiger partial charge in [0.1, 0.15) is 5.75 Å². The maximum Gasteiger partial charge on any atom is 0.262 e. The minimum atomic E-state index is -0.692. The van der Waals surface area contributed by atoms with Crippen molar-refractivity contribution in [2.45, 2.75) is 19.4 Å². The van der Waals surface area contributed by atoms with Crippen molar-refractivity contribution < 1.29 is 9.53 Å². The van der Waals surface area contributed by atoms with Gasteiger partial charge in [0, 0.05) is 11.1 Å². The normalized spacial score (nSPS) is 12.3. The van der Waals surface area contributed by atoms with Gasteiger partial charge in [-0.05, 0) is 30.2 Å². The van der Waals surface area contributed by atoms with Gasteiger partial charge >= 0.3 is 0 Å². The molecule has 1 atom stereocenters. The molecular weight excluding hydrogens is 258 g/mol. The summed E-state index contributed by atoms with van der Waals surface area (Å²) in [5.41, 5.74) is 0. The molecule has 0 aliphatic rings. The van der Waals surface area contributed by atoms with Crippen LogP contribution in [0.5, 0.6) is 5.75 Å². The molecule has 0 saturated carbocycles. The van der Waals surface area contributed by atoms with Gasteiger partial charge in [-0.25, -0.2) is 0 Å². The summed E-state index contributed by atoms with van der Waals surface area (Å²) in [6.07, 6.45) is -0.215. The second-order valence-electron chi connectivity index (χ2n) is 2.89. The molecule has 0 heterocycles. The third-order valence-electron chi connectivity index (χ3n) is 1.79. The maximum absolute atomic E-state index is 10.9. The summed E-state index contributed by atoms with van der Waals surface area (Å²) in [6, 6.07) is 4.79. The molecule has 0 aliphatic heterocycles. The molecule has 1 aromatic rings. The Morgan fingerprint density at radius 3 is 2.67 bits per heavy atom. The highest BCUT2D eigenvalue weighted by Gasteiger charge is 2.17. The number of hydrogen-bond donors (Lipinski definition) is 0. The van der Waals surface area contributed by atoms with Crippen LogP contribution < -0.4 is 4.74 Å². The highest BCUT2D eigenvalue weighted by atomic mass is 35.5. The van der Waals surface area contributed by atoms with Gasteiger partial charge in [-0.3, -0.25) is 4.79 Å². The average Bonchev–Trinajstić information content (AvgIpc) is 2.18. The molecule has 0 spiro atoms. The minimum Gasteiger partial charge on any atom is -0.480 e. The zero-order valence-electron chi connectivity index (χ0n) is 7.97. The second kappa shape index (κ2) is 5.59. The van der Waals surface area contributed by atoms with Gasteiger partial charge in [0.25, 0.3) is 5.24 Å². The van der Waals surface area contributed by atoms with E-state index in [0.29, 0.717) is 22.2 Å². The quantitative estimate of drug-likeness (QED) is 0.773. The number of carbonyl (C=O) groups excluding carboxylic acids is 1. The van der Waals surface area contributed by atoms with E-state index in [1.807, 2.05) is 0 Å². The average molecular weight is 268 g/mol. The first-order chi connectivity index (χ1) is 7.04. The Balaban J connectivity index is 2.87. The number of ether oxygens (including phenoxy) is 1. The van der Waals surface area contributed by atoms with E-state index in [2.05, 4.69) is 0 Å². The largest absolute Gasteiger partial charge is 0.480 e. The molecule has 2 nitrogen and oxygen atoms in total. The summed E-state index contributed by atoms with van der Waals surface area (Å²) >= 11 is 17.0. The van der Waals surface area contributed by atoms with Crippen molar-refractivity contribution in [3.05, 3.63) is 28.2 Å². The van der Waals surface area contributed by atoms with Crippen LogP contribution in [-0.2, 0) is 4.79 Å². The number of rotatable bonds is 4. The van der Waals surface area contributed by atoms with Crippen molar-refractivity contribution in [2.75, 3.05) is 0 Å². The molecule has 0 amide bonds. The lowest BCUT2D eigenvalue weighted by Gasteiger charge is -2.14. The number of carbonyl (C=O) groups is 1. The minimum absolute atomic E-state index is 0.366. The summed E-state index contributed by atoms with van der Waals surface area (Å²) in [6.45, 7) is 1.80. The zero-order chi connectivity index (χ0) is 11.4. The van der Waals surface area contributed by atoms with Crippen molar-refractivity contribution >= 4 is 40.0 Å². The molecule has 0 aromatic heterocycles. The van der Waals surface area contributed by atoms with Crippen LogP contribution in [0.15, 0.2) is 18.2 Å². The van der Waals surface area contributed by atoms with Gasteiger partial charge in [0.15, 0.2) is 6.10 Å². The third-order valence-corrected chi connectivity index (χ3v) is 2.58. The van der Waals surface area contributed by atoms with E-state index < -0.39 is 11.3 Å². The molecule has 1 rings (SSSR count). The fourth-order valence-corrected chi connectivity index (χ4v) is 1.53. The highest BCUT2D eigenvalue weighted by molar-refractivity contribution is 6.64. The SMILES string of the molecule is CC[C@H](Oc1cc(Cl)ccc1Cl)C(=O)Cl. The second-order valence-corrected chi connectivity index (χ2v) is 4.11. The van der Waals surface area contributed by atoms with Crippen LogP contribution in [0.4, 0.5) is 0 Å². The van der Waals surface area contributed by atoms with E-state index in [4.69, 9.17) is 39.5 Å². The summed E-state index contributed by atoms with van der Waals surface area (Å²) in [5.74, 6) is 0.366. The molecule has 0 saturated heterocycles. The molecule has 0 N–H and O–H groups in total. The van der Waals surface area contributed by atoms with Gasteiger partial charge in [-0.2, -0.15) is 0 Å². The van der Waals surface area contributed by atoms with Crippen molar-refractivity contribution in [3.63, 3.8) is 0 Å². The van der Waals surface area contributed by atoms with E-state index in [-0.39, 0.29) is 0 Å². The summed E-state index contributed by atoms with van der Waals surface area (Å²) < 4.78 is 5.34. The van der Waals surface area contributed by atoms with E-state index in [1.54, 1.807) is 25.1 Å². The summed E-state index contributed by atoms with van der Waals surface area (Å²) in [7, 11) is 0. The van der Waals surface area contributed by atoms with Crippen LogP contribution >= 0.6 is 34.8 Å². The molecule has 0 fully saturated rings. The summed E-state index contributed by atoms with van der Waals surface area (Å²) in [4.78, 5) is 10.9. The van der Waals surface area contributed by atoms with Crippen molar-refractivity contribution in [1.82, 2.24) is 0 Å². The Morgan fingerprint density at radius 2 is 2.13 bits per heavy atom. The predicted octanol–water partition coefficient (Wildman–Crippen LogP) is 3.92. The first kappa shape index (κ1) is 12.6. The van der Waals surface area contributed by atoms with Crippen LogP contribution in [0.3, 0.4) is 0 Å². The lowest BCUT2D eigenvalue weighted by molar-refractivity contribution is -0.117. The fourth-order valence-electron chi connectivity index (χ4n) is 1.01. The standard InChI is InChI=1S/C10H9Cl3O2/c1-2-8(10(13)14)15-9-5-6(11)3-4-7(9)12/h3-5,8H,2H2,1H3/t8-/m0/s1. The number of halogens is 3. The smallest absolute Gasteiger partial charge is 0.262 e. The highest BCUT2D eigenvalue weighted by Crippen LogP contribution is 2.29. The van der Waals surface area contributed by atoms with Crippen molar-refractivity contribution in [3.8, 4) is 5.75 Å². The Hall–Kier alpha value is -0.440. The Bertz CT molecular complexity index is 366. The van der Waals surface area contributed by atoms with Crippen molar-refractivity contribution in [2.24, 2.45) is 0 Å². The molecular formula is C10H9Cl3O2. The first-order valence-electron chi connectivity index (χ1n) is 4.35. The lowest BCUT2D eigenvalue weighted by Crippen LogP contribution is -2.22. The van der Waals surface area contributed by atoms with E-state index in [9.17, 15) is 4.79 Å². The van der Waals surface area contributed by atoms with Crippen LogP contribution in [0.2, 0.25) is 10.0 Å². The van der Waals surface area contributed by atoms with Crippen LogP contribution in [-0.4, -0.2) is 11.3 Å². The topological polar surface area (TPSA) is 26.3 Å². The Kier molecular flexibility index (Phi) is 4.71. The number of benzene rings is 1.